The van der Waals surface area contributed by atoms with E-state index in [-0.39, 0.29) is 11.9 Å². The van der Waals surface area contributed by atoms with Gasteiger partial charge in [-0.25, -0.2) is 0 Å². The van der Waals surface area contributed by atoms with Crippen molar-refractivity contribution in [1.82, 2.24) is 4.90 Å². The van der Waals surface area contributed by atoms with Gasteiger partial charge in [0.05, 0.1) is 5.56 Å². The largest absolute Gasteiger partial charge is 0.328 e. The maximum Gasteiger partial charge on any atom is 0.226 e. The maximum absolute atomic E-state index is 11.9. The highest BCUT2D eigenvalue weighted by atomic mass is 32.1. The smallest absolute Gasteiger partial charge is 0.226 e. The number of nitrogens with one attached hydrogen (secondary N) is 1. The Morgan fingerprint density at radius 2 is 2.33 bits per heavy atom. The molecular weight excluding hydrogens is 284 g/mol. The van der Waals surface area contributed by atoms with Gasteiger partial charge in [0.15, 0.2) is 0 Å². The van der Waals surface area contributed by atoms with Gasteiger partial charge in [-0.1, -0.05) is 0 Å². The van der Waals surface area contributed by atoms with Crippen LogP contribution in [0.4, 0.5) is 5.00 Å². The average Bonchev–Trinajstić information content (AvgIpc) is 2.92. The van der Waals surface area contributed by atoms with Crippen molar-refractivity contribution in [1.29, 1.82) is 5.26 Å². The predicted molar refractivity (Wildman–Crippen MR) is 85.1 cm³/mol. The molecule has 0 bridgehead atoms. The first-order chi connectivity index (χ1) is 10.1. The highest BCUT2D eigenvalue weighted by Gasteiger charge is 2.22. The van der Waals surface area contributed by atoms with Crippen LogP contribution in [-0.2, 0) is 4.79 Å². The van der Waals surface area contributed by atoms with Crippen LogP contribution in [0.5, 0.6) is 0 Å². The van der Waals surface area contributed by atoms with Gasteiger partial charge in [0.2, 0.25) is 5.91 Å². The molecule has 1 aliphatic heterocycles. The highest BCUT2D eigenvalue weighted by Crippen LogP contribution is 2.23. The van der Waals surface area contributed by atoms with Crippen LogP contribution in [0.2, 0.25) is 0 Å². The molecule has 114 valence electrons. The zero-order valence-corrected chi connectivity index (χ0v) is 13.2. The predicted octanol–water partition coefficient (Wildman–Crippen LogP) is 2.01. The first kappa shape index (κ1) is 16.0. The lowest BCUT2D eigenvalue weighted by Gasteiger charge is -2.33. The fourth-order valence-electron chi connectivity index (χ4n) is 2.65. The van der Waals surface area contributed by atoms with Gasteiger partial charge in [-0.15, -0.1) is 11.3 Å². The SMILES string of the molecule is CC(N)C1CCN(CCC(=O)Nc2sccc2C#N)CC1. The lowest BCUT2D eigenvalue weighted by molar-refractivity contribution is -0.116. The molecule has 0 aromatic carbocycles. The molecule has 1 aromatic rings. The molecule has 0 aliphatic carbocycles. The standard InChI is InChI=1S/C15H22N4OS/c1-11(17)12-2-6-19(7-3-12)8-4-14(20)18-15-13(10-16)5-9-21-15/h5,9,11-12H,2-4,6-8,17H2,1H3,(H,18,20). The molecule has 2 heterocycles. The summed E-state index contributed by atoms with van der Waals surface area (Å²) in [7, 11) is 0. The number of rotatable bonds is 5. The normalized spacial score (nSPS) is 18.1. The number of anilines is 1. The van der Waals surface area contributed by atoms with Crippen molar-refractivity contribution in [2.45, 2.75) is 32.2 Å². The minimum absolute atomic E-state index is 0.0248. The first-order valence-corrected chi connectivity index (χ1v) is 8.23. The van der Waals surface area contributed by atoms with Crippen LogP contribution in [0, 0.1) is 17.2 Å². The molecule has 21 heavy (non-hydrogen) atoms. The van der Waals surface area contributed by atoms with Gasteiger partial charge in [0, 0.05) is 19.0 Å². The summed E-state index contributed by atoms with van der Waals surface area (Å²) in [5.41, 5.74) is 6.46. The van der Waals surface area contributed by atoms with Gasteiger partial charge in [-0.05, 0) is 50.2 Å². The second-order valence-electron chi connectivity index (χ2n) is 5.61. The zero-order chi connectivity index (χ0) is 15.2. The van der Waals surface area contributed by atoms with Gasteiger partial charge in [0.25, 0.3) is 0 Å². The van der Waals surface area contributed by atoms with Crippen molar-refractivity contribution in [3.05, 3.63) is 17.0 Å². The molecule has 6 heteroatoms. The Bertz CT molecular complexity index is 512. The molecule has 1 aromatic heterocycles. The van der Waals surface area contributed by atoms with E-state index < -0.39 is 0 Å². The van der Waals surface area contributed by atoms with Gasteiger partial charge < -0.3 is 16.0 Å². The van der Waals surface area contributed by atoms with E-state index in [1.807, 2.05) is 5.38 Å². The van der Waals surface area contributed by atoms with Crippen LogP contribution in [0.25, 0.3) is 0 Å². The van der Waals surface area contributed by atoms with E-state index >= 15 is 0 Å². The molecule has 1 fully saturated rings. The summed E-state index contributed by atoms with van der Waals surface area (Å²) in [5.74, 6) is 0.586. The van der Waals surface area contributed by atoms with Gasteiger partial charge in [-0.3, -0.25) is 4.79 Å². The minimum Gasteiger partial charge on any atom is -0.328 e. The van der Waals surface area contributed by atoms with Crippen LogP contribution in [0.3, 0.4) is 0 Å². The Morgan fingerprint density at radius 3 is 2.95 bits per heavy atom. The molecule has 0 saturated carbocycles. The van der Waals surface area contributed by atoms with Crippen molar-refractivity contribution in [3.63, 3.8) is 0 Å². The number of thiophene rings is 1. The number of amides is 1. The quantitative estimate of drug-likeness (QED) is 0.872. The van der Waals surface area contributed by atoms with Crippen molar-refractivity contribution < 1.29 is 4.79 Å². The highest BCUT2D eigenvalue weighted by molar-refractivity contribution is 7.14. The van der Waals surface area contributed by atoms with Gasteiger partial charge in [0.1, 0.15) is 11.1 Å². The summed E-state index contributed by atoms with van der Waals surface area (Å²) in [5, 5.41) is 14.2. The second kappa shape index (κ2) is 7.55. The molecule has 0 radical (unpaired) electrons. The summed E-state index contributed by atoms with van der Waals surface area (Å²) in [6.45, 7) is 4.87. The average molecular weight is 306 g/mol. The van der Waals surface area contributed by atoms with E-state index in [0.717, 1.165) is 32.5 Å². The van der Waals surface area contributed by atoms with E-state index in [2.05, 4.69) is 23.2 Å². The number of carbonyl (C=O) groups is 1. The van der Waals surface area contributed by atoms with Crippen LogP contribution >= 0.6 is 11.3 Å². The minimum atomic E-state index is -0.0248. The van der Waals surface area contributed by atoms with Crippen molar-refractivity contribution in [3.8, 4) is 6.07 Å². The van der Waals surface area contributed by atoms with E-state index in [9.17, 15) is 4.79 Å². The molecule has 1 aliphatic rings. The van der Waals surface area contributed by atoms with Gasteiger partial charge >= 0.3 is 0 Å². The Labute approximate surface area is 129 Å². The molecule has 1 unspecified atom stereocenters. The molecule has 1 saturated heterocycles. The van der Waals surface area contributed by atoms with E-state index in [1.165, 1.54) is 11.3 Å². The number of carbonyl (C=O) groups excluding carboxylic acids is 1. The van der Waals surface area contributed by atoms with Crippen molar-refractivity contribution in [2.75, 3.05) is 25.0 Å². The summed E-state index contributed by atoms with van der Waals surface area (Å²) in [4.78, 5) is 14.3. The third-order valence-electron chi connectivity index (χ3n) is 4.07. The fraction of sp³-hybridized carbons (Fsp3) is 0.600. The summed E-state index contributed by atoms with van der Waals surface area (Å²) in [6.07, 6.45) is 2.69. The number of likely N-dealkylation sites (tertiary alicyclic amines) is 1. The lowest BCUT2D eigenvalue weighted by Crippen LogP contribution is -2.40. The number of piperidine rings is 1. The van der Waals surface area contributed by atoms with Crippen LogP contribution in [0.1, 0.15) is 31.7 Å². The third kappa shape index (κ3) is 4.53. The van der Waals surface area contributed by atoms with Crippen molar-refractivity contribution >= 4 is 22.2 Å². The first-order valence-electron chi connectivity index (χ1n) is 7.35. The second-order valence-corrected chi connectivity index (χ2v) is 6.53. The van der Waals surface area contributed by atoms with E-state index in [4.69, 9.17) is 11.0 Å². The van der Waals surface area contributed by atoms with Crippen molar-refractivity contribution in [2.24, 2.45) is 11.7 Å². The number of hydrogen-bond donors (Lipinski definition) is 2. The lowest BCUT2D eigenvalue weighted by atomic mass is 9.91. The number of nitrogens with two attached hydrogens (primary N) is 1. The Balaban J connectivity index is 1.72. The summed E-state index contributed by atoms with van der Waals surface area (Å²) >= 11 is 1.39. The van der Waals surface area contributed by atoms with Crippen LogP contribution < -0.4 is 11.1 Å². The molecular formula is C15H22N4OS. The van der Waals surface area contributed by atoms with Crippen LogP contribution in [0.15, 0.2) is 11.4 Å². The molecule has 0 spiro atoms. The Hall–Kier alpha value is -1.42. The monoisotopic (exact) mass is 306 g/mol. The fourth-order valence-corrected chi connectivity index (χ4v) is 3.40. The van der Waals surface area contributed by atoms with E-state index in [0.29, 0.717) is 22.9 Å². The van der Waals surface area contributed by atoms with E-state index in [1.54, 1.807) is 6.07 Å². The van der Waals surface area contributed by atoms with Crippen LogP contribution in [-0.4, -0.2) is 36.5 Å². The number of hydrogen-bond acceptors (Lipinski definition) is 5. The molecule has 3 N–H and O–H groups in total. The summed E-state index contributed by atoms with van der Waals surface area (Å²) < 4.78 is 0. The Kier molecular flexibility index (Phi) is 5.74. The molecule has 2 rings (SSSR count). The summed E-state index contributed by atoms with van der Waals surface area (Å²) in [6, 6.07) is 4.06. The maximum atomic E-state index is 11.9. The molecule has 1 amide bonds. The number of nitriles is 1. The van der Waals surface area contributed by atoms with Gasteiger partial charge in [-0.2, -0.15) is 5.26 Å². The molecule has 5 nitrogen and oxygen atoms in total. The molecule has 1 atom stereocenters. The zero-order valence-electron chi connectivity index (χ0n) is 12.3. The Morgan fingerprint density at radius 1 is 1.62 bits per heavy atom. The third-order valence-corrected chi connectivity index (χ3v) is 4.90. The number of nitrogens with zero attached hydrogens (tertiary/aromatic N) is 2. The topological polar surface area (TPSA) is 82.2 Å².